The van der Waals surface area contributed by atoms with Gasteiger partial charge in [-0.1, -0.05) is 31.5 Å². The lowest BCUT2D eigenvalue weighted by atomic mass is 9.86. The summed E-state index contributed by atoms with van der Waals surface area (Å²) in [7, 11) is 0. The van der Waals surface area contributed by atoms with Crippen LogP contribution in [-0.2, 0) is 4.79 Å². The average Bonchev–Trinajstić information content (AvgIpc) is 3.04. The van der Waals surface area contributed by atoms with Crippen LogP contribution >= 0.6 is 23.1 Å². The number of hydrogen-bond donors (Lipinski definition) is 2. The van der Waals surface area contributed by atoms with Crippen LogP contribution in [0.15, 0.2) is 22.8 Å². The Morgan fingerprint density at radius 2 is 2.17 bits per heavy atom. The normalized spacial score (nSPS) is 20.7. The van der Waals surface area contributed by atoms with Gasteiger partial charge < -0.3 is 5.32 Å². The van der Waals surface area contributed by atoms with Gasteiger partial charge in [0.1, 0.15) is 11.4 Å². The SMILES string of the molecule is C[C@@H]1CCCC[C@H]1NC(=O)NC(=O)CSc1ncnc2ccsc12. The summed E-state index contributed by atoms with van der Waals surface area (Å²) in [5.74, 6) is 0.295. The van der Waals surface area contributed by atoms with Crippen molar-refractivity contribution in [3.8, 4) is 0 Å². The van der Waals surface area contributed by atoms with Crippen molar-refractivity contribution in [3.63, 3.8) is 0 Å². The second kappa shape index (κ2) is 7.94. The second-order valence-corrected chi connectivity index (χ2v) is 7.87. The summed E-state index contributed by atoms with van der Waals surface area (Å²) in [5.41, 5.74) is 0.877. The van der Waals surface area contributed by atoms with E-state index in [0.29, 0.717) is 5.92 Å². The van der Waals surface area contributed by atoms with Crippen molar-refractivity contribution in [2.75, 3.05) is 5.75 Å². The molecule has 1 aliphatic rings. The summed E-state index contributed by atoms with van der Waals surface area (Å²) in [6, 6.07) is 1.68. The largest absolute Gasteiger partial charge is 0.335 e. The zero-order valence-corrected chi connectivity index (χ0v) is 15.1. The van der Waals surface area contributed by atoms with Gasteiger partial charge in [0.15, 0.2) is 0 Å². The monoisotopic (exact) mass is 364 g/mol. The molecule has 2 N–H and O–H groups in total. The van der Waals surface area contributed by atoms with E-state index in [2.05, 4.69) is 27.5 Å². The molecule has 1 aliphatic carbocycles. The molecule has 3 rings (SSSR count). The number of nitrogens with zero attached hydrogens (tertiary/aromatic N) is 2. The molecule has 2 aromatic heterocycles. The number of rotatable bonds is 4. The minimum Gasteiger partial charge on any atom is -0.335 e. The number of nitrogens with one attached hydrogen (secondary N) is 2. The van der Waals surface area contributed by atoms with Crippen LogP contribution in [0.5, 0.6) is 0 Å². The molecule has 3 amide bonds. The van der Waals surface area contributed by atoms with E-state index in [0.717, 1.165) is 34.5 Å². The number of carbonyl (C=O) groups excluding carboxylic acids is 2. The molecule has 0 aliphatic heterocycles. The molecule has 0 spiro atoms. The number of urea groups is 1. The lowest BCUT2D eigenvalue weighted by Crippen LogP contribution is -2.48. The van der Waals surface area contributed by atoms with E-state index in [1.807, 2.05) is 11.4 Å². The van der Waals surface area contributed by atoms with Crippen molar-refractivity contribution in [2.45, 2.75) is 43.7 Å². The predicted octanol–water partition coefficient (Wildman–Crippen LogP) is 3.19. The Bertz CT molecular complexity index is 734. The quantitative estimate of drug-likeness (QED) is 0.643. The van der Waals surface area contributed by atoms with E-state index in [1.165, 1.54) is 24.5 Å². The lowest BCUT2D eigenvalue weighted by molar-refractivity contribution is -0.117. The number of amides is 3. The first-order chi connectivity index (χ1) is 11.6. The fourth-order valence-corrected chi connectivity index (χ4v) is 4.65. The smallest absolute Gasteiger partial charge is 0.321 e. The molecule has 2 aromatic rings. The molecule has 24 heavy (non-hydrogen) atoms. The van der Waals surface area contributed by atoms with Gasteiger partial charge in [0.05, 0.1) is 16.0 Å². The maximum absolute atomic E-state index is 12.0. The Morgan fingerprint density at radius 1 is 1.33 bits per heavy atom. The average molecular weight is 364 g/mol. The van der Waals surface area contributed by atoms with Crippen LogP contribution in [0.3, 0.4) is 0 Å². The zero-order valence-electron chi connectivity index (χ0n) is 13.4. The highest BCUT2D eigenvalue weighted by Crippen LogP contribution is 2.28. The molecule has 2 heterocycles. The van der Waals surface area contributed by atoms with Crippen LogP contribution in [0.2, 0.25) is 0 Å². The van der Waals surface area contributed by atoms with Crippen molar-refractivity contribution in [2.24, 2.45) is 5.92 Å². The second-order valence-electron chi connectivity index (χ2n) is 5.99. The Balaban J connectivity index is 1.48. The van der Waals surface area contributed by atoms with Crippen LogP contribution in [0.25, 0.3) is 10.2 Å². The molecule has 6 nitrogen and oxygen atoms in total. The van der Waals surface area contributed by atoms with Crippen LogP contribution in [-0.4, -0.2) is 33.7 Å². The number of hydrogen-bond acceptors (Lipinski definition) is 6. The third-order valence-electron chi connectivity index (χ3n) is 4.23. The first-order valence-corrected chi connectivity index (χ1v) is 9.91. The summed E-state index contributed by atoms with van der Waals surface area (Å²) in [6.45, 7) is 2.14. The molecule has 8 heteroatoms. The van der Waals surface area contributed by atoms with Crippen LogP contribution in [0.1, 0.15) is 32.6 Å². The van der Waals surface area contributed by atoms with Crippen molar-refractivity contribution in [1.82, 2.24) is 20.6 Å². The third kappa shape index (κ3) is 4.24. The van der Waals surface area contributed by atoms with Gasteiger partial charge in [0, 0.05) is 6.04 Å². The Labute approximate surface area is 148 Å². The maximum Gasteiger partial charge on any atom is 0.321 e. The summed E-state index contributed by atoms with van der Waals surface area (Å²) in [5, 5.41) is 8.05. The summed E-state index contributed by atoms with van der Waals surface area (Å²) in [6.07, 6.45) is 5.94. The predicted molar refractivity (Wildman–Crippen MR) is 96.2 cm³/mol. The minimum atomic E-state index is -0.400. The van der Waals surface area contributed by atoms with Crippen molar-refractivity contribution >= 4 is 45.3 Å². The van der Waals surface area contributed by atoms with E-state index in [-0.39, 0.29) is 17.7 Å². The van der Waals surface area contributed by atoms with E-state index in [1.54, 1.807) is 11.3 Å². The summed E-state index contributed by atoms with van der Waals surface area (Å²) in [4.78, 5) is 32.4. The summed E-state index contributed by atoms with van der Waals surface area (Å²) < 4.78 is 0.968. The molecule has 0 radical (unpaired) electrons. The van der Waals surface area contributed by atoms with Gasteiger partial charge in [-0.15, -0.1) is 11.3 Å². The topological polar surface area (TPSA) is 84.0 Å². The lowest BCUT2D eigenvalue weighted by Gasteiger charge is -2.29. The number of carbonyl (C=O) groups is 2. The van der Waals surface area contributed by atoms with Gasteiger partial charge in [0.2, 0.25) is 5.91 Å². The van der Waals surface area contributed by atoms with E-state index < -0.39 is 6.03 Å². The van der Waals surface area contributed by atoms with Crippen molar-refractivity contribution < 1.29 is 9.59 Å². The molecule has 0 unspecified atom stereocenters. The molecular formula is C16H20N4O2S2. The number of thioether (sulfide) groups is 1. The van der Waals surface area contributed by atoms with E-state index in [9.17, 15) is 9.59 Å². The maximum atomic E-state index is 12.0. The zero-order chi connectivity index (χ0) is 16.9. The van der Waals surface area contributed by atoms with E-state index in [4.69, 9.17) is 0 Å². The van der Waals surface area contributed by atoms with Crippen molar-refractivity contribution in [3.05, 3.63) is 17.8 Å². The molecule has 0 saturated heterocycles. The fraction of sp³-hybridized carbons (Fsp3) is 0.500. The first-order valence-electron chi connectivity index (χ1n) is 8.05. The van der Waals surface area contributed by atoms with Crippen LogP contribution in [0.4, 0.5) is 4.79 Å². The Hall–Kier alpha value is -1.67. The number of thiophene rings is 1. The van der Waals surface area contributed by atoms with Gasteiger partial charge in [0.25, 0.3) is 0 Å². The highest BCUT2D eigenvalue weighted by Gasteiger charge is 2.23. The molecular weight excluding hydrogens is 344 g/mol. The standard InChI is InChI=1S/C16H20N4O2S2/c1-10-4-2-3-5-11(10)19-16(22)20-13(21)8-24-15-14-12(6-7-23-14)17-9-18-15/h6-7,9-11H,2-5,8H2,1H3,(H2,19,20,21,22)/t10-,11-/m1/s1. The highest BCUT2D eigenvalue weighted by atomic mass is 32.2. The van der Waals surface area contributed by atoms with Crippen molar-refractivity contribution in [1.29, 1.82) is 0 Å². The fourth-order valence-electron chi connectivity index (χ4n) is 2.90. The summed E-state index contributed by atoms with van der Waals surface area (Å²) >= 11 is 2.86. The van der Waals surface area contributed by atoms with Crippen LogP contribution < -0.4 is 10.6 Å². The highest BCUT2D eigenvalue weighted by molar-refractivity contribution is 8.00. The Morgan fingerprint density at radius 3 is 3.00 bits per heavy atom. The molecule has 1 fully saturated rings. The molecule has 1 saturated carbocycles. The minimum absolute atomic E-state index is 0.150. The van der Waals surface area contributed by atoms with Gasteiger partial charge in [-0.25, -0.2) is 14.8 Å². The Kier molecular flexibility index (Phi) is 5.68. The first kappa shape index (κ1) is 17.2. The number of fused-ring (bicyclic) bond motifs is 1. The number of imide groups is 1. The molecule has 2 atom stereocenters. The van der Waals surface area contributed by atoms with Gasteiger partial charge >= 0.3 is 6.03 Å². The van der Waals surface area contributed by atoms with E-state index >= 15 is 0 Å². The number of aromatic nitrogens is 2. The molecule has 0 aromatic carbocycles. The van der Waals surface area contributed by atoms with Crippen LogP contribution in [0, 0.1) is 5.92 Å². The third-order valence-corrected chi connectivity index (χ3v) is 6.26. The van der Waals surface area contributed by atoms with Gasteiger partial charge in [-0.05, 0) is 30.2 Å². The van der Waals surface area contributed by atoms with Gasteiger partial charge in [-0.2, -0.15) is 0 Å². The molecule has 0 bridgehead atoms. The van der Waals surface area contributed by atoms with Gasteiger partial charge in [-0.3, -0.25) is 10.1 Å². The molecule has 128 valence electrons.